The Labute approximate surface area is 161 Å². The van der Waals surface area contributed by atoms with Crippen LogP contribution < -0.4 is 0 Å². The lowest BCUT2D eigenvalue weighted by molar-refractivity contribution is -0.140. The summed E-state index contributed by atoms with van der Waals surface area (Å²) in [6, 6.07) is 7.82. The molecule has 2 aliphatic heterocycles. The molecule has 0 aliphatic carbocycles. The summed E-state index contributed by atoms with van der Waals surface area (Å²) in [7, 11) is 0. The molecule has 1 amide bonds. The summed E-state index contributed by atoms with van der Waals surface area (Å²) in [6.07, 6.45) is 4.72. The lowest BCUT2D eigenvalue weighted by Gasteiger charge is -2.27. The van der Waals surface area contributed by atoms with Crippen LogP contribution in [0.2, 0.25) is 0 Å². The Morgan fingerprint density at radius 1 is 1.25 bits per heavy atom. The van der Waals surface area contributed by atoms with Gasteiger partial charge in [0.2, 0.25) is 0 Å². The zero-order chi connectivity index (χ0) is 19.7. The number of rotatable bonds is 4. The standard InChI is InChI=1S/C21H19FN2O4/c22-15-7-5-13(6-8-15)19(25)17-18(14-3-1-9-23-11-14)24(21(27)20(17)26)12-16-4-2-10-28-16/h1,3,5-9,11,16,18,25H,2,4,10,12H2/b19-17-. The topological polar surface area (TPSA) is 79.7 Å². The molecule has 2 aliphatic rings. The molecule has 2 unspecified atom stereocenters. The van der Waals surface area contributed by atoms with E-state index in [4.69, 9.17) is 4.74 Å². The van der Waals surface area contributed by atoms with Crippen molar-refractivity contribution in [2.24, 2.45) is 0 Å². The van der Waals surface area contributed by atoms with Crippen molar-refractivity contribution < 1.29 is 23.8 Å². The van der Waals surface area contributed by atoms with Gasteiger partial charge in [-0.2, -0.15) is 0 Å². The van der Waals surface area contributed by atoms with E-state index in [0.29, 0.717) is 12.2 Å². The third-order valence-corrected chi connectivity index (χ3v) is 5.08. The number of ketones is 1. The Bertz CT molecular complexity index is 921. The fourth-order valence-corrected chi connectivity index (χ4v) is 3.72. The van der Waals surface area contributed by atoms with Crippen LogP contribution in [0.15, 0.2) is 54.4 Å². The first-order chi connectivity index (χ1) is 13.6. The van der Waals surface area contributed by atoms with E-state index in [1.54, 1.807) is 24.5 Å². The summed E-state index contributed by atoms with van der Waals surface area (Å²) in [4.78, 5) is 31.1. The second-order valence-electron chi connectivity index (χ2n) is 6.88. The van der Waals surface area contributed by atoms with E-state index in [0.717, 1.165) is 12.8 Å². The molecule has 1 aromatic heterocycles. The van der Waals surface area contributed by atoms with E-state index < -0.39 is 23.5 Å². The van der Waals surface area contributed by atoms with Crippen molar-refractivity contribution in [3.63, 3.8) is 0 Å². The quantitative estimate of drug-likeness (QED) is 0.500. The number of carbonyl (C=O) groups is 2. The van der Waals surface area contributed by atoms with Crippen LogP contribution in [0.1, 0.15) is 30.0 Å². The summed E-state index contributed by atoms with van der Waals surface area (Å²) in [5.74, 6) is -2.25. The highest BCUT2D eigenvalue weighted by Gasteiger charge is 2.47. The summed E-state index contributed by atoms with van der Waals surface area (Å²) >= 11 is 0. The summed E-state index contributed by atoms with van der Waals surface area (Å²) < 4.78 is 18.9. The fourth-order valence-electron chi connectivity index (χ4n) is 3.72. The van der Waals surface area contributed by atoms with E-state index in [1.165, 1.54) is 29.2 Å². The van der Waals surface area contributed by atoms with Crippen LogP contribution in [-0.4, -0.2) is 45.9 Å². The van der Waals surface area contributed by atoms with Crippen LogP contribution in [0, 0.1) is 5.82 Å². The number of ether oxygens (including phenoxy) is 1. The molecule has 6 nitrogen and oxygen atoms in total. The number of carbonyl (C=O) groups excluding carboxylic acids is 2. The Balaban J connectivity index is 1.80. The Morgan fingerprint density at radius 2 is 2.04 bits per heavy atom. The number of hydrogen-bond acceptors (Lipinski definition) is 5. The van der Waals surface area contributed by atoms with Crippen molar-refractivity contribution in [1.29, 1.82) is 0 Å². The summed E-state index contributed by atoms with van der Waals surface area (Å²) in [5, 5.41) is 10.8. The molecular weight excluding hydrogens is 363 g/mol. The van der Waals surface area contributed by atoms with Crippen LogP contribution in [0.25, 0.3) is 5.76 Å². The van der Waals surface area contributed by atoms with E-state index >= 15 is 0 Å². The van der Waals surface area contributed by atoms with Gasteiger partial charge in [0.15, 0.2) is 0 Å². The lowest BCUT2D eigenvalue weighted by Crippen LogP contribution is -2.36. The minimum absolute atomic E-state index is 0.0254. The zero-order valence-electron chi connectivity index (χ0n) is 15.0. The smallest absolute Gasteiger partial charge is 0.295 e. The van der Waals surface area contributed by atoms with Gasteiger partial charge in [0.25, 0.3) is 11.7 Å². The monoisotopic (exact) mass is 382 g/mol. The zero-order valence-corrected chi connectivity index (χ0v) is 15.0. The highest BCUT2D eigenvalue weighted by molar-refractivity contribution is 6.46. The van der Waals surface area contributed by atoms with Crippen LogP contribution >= 0.6 is 0 Å². The van der Waals surface area contributed by atoms with Crippen molar-refractivity contribution in [1.82, 2.24) is 9.88 Å². The first-order valence-electron chi connectivity index (χ1n) is 9.12. The number of benzene rings is 1. The van der Waals surface area contributed by atoms with Gasteiger partial charge >= 0.3 is 0 Å². The highest BCUT2D eigenvalue weighted by atomic mass is 19.1. The number of likely N-dealkylation sites (tertiary alicyclic amines) is 1. The van der Waals surface area contributed by atoms with Gasteiger partial charge in [0.05, 0.1) is 17.7 Å². The molecule has 3 heterocycles. The van der Waals surface area contributed by atoms with Gasteiger partial charge in [-0.25, -0.2) is 4.39 Å². The minimum atomic E-state index is -0.775. The molecule has 0 saturated carbocycles. The predicted octanol–water partition coefficient (Wildman–Crippen LogP) is 2.82. The number of nitrogens with zero attached hydrogens (tertiary/aromatic N) is 2. The summed E-state index contributed by atoms with van der Waals surface area (Å²) in [5.41, 5.74) is 0.858. The minimum Gasteiger partial charge on any atom is -0.507 e. The molecule has 4 rings (SSSR count). The number of amides is 1. The van der Waals surface area contributed by atoms with E-state index in [-0.39, 0.29) is 29.5 Å². The molecule has 2 aromatic rings. The van der Waals surface area contributed by atoms with Crippen LogP contribution in [0.4, 0.5) is 4.39 Å². The number of aliphatic hydroxyl groups is 1. The van der Waals surface area contributed by atoms with E-state index in [9.17, 15) is 19.1 Å². The molecule has 1 N–H and O–H groups in total. The number of halogens is 1. The second kappa shape index (κ2) is 7.52. The molecule has 1 aromatic carbocycles. The Hall–Kier alpha value is -3.06. The molecule has 144 valence electrons. The number of pyridine rings is 1. The van der Waals surface area contributed by atoms with Crippen molar-refractivity contribution in [2.45, 2.75) is 25.0 Å². The van der Waals surface area contributed by atoms with Gasteiger partial charge < -0.3 is 14.7 Å². The third-order valence-electron chi connectivity index (χ3n) is 5.08. The molecular formula is C21H19FN2O4. The van der Waals surface area contributed by atoms with Gasteiger partial charge in [-0.15, -0.1) is 0 Å². The Morgan fingerprint density at radius 3 is 2.68 bits per heavy atom. The summed E-state index contributed by atoms with van der Waals surface area (Å²) in [6.45, 7) is 0.881. The number of aliphatic hydroxyl groups excluding tert-OH is 1. The first kappa shape index (κ1) is 18.3. The molecule has 0 radical (unpaired) electrons. The van der Waals surface area contributed by atoms with Gasteiger partial charge in [-0.3, -0.25) is 14.6 Å². The van der Waals surface area contributed by atoms with Crippen LogP contribution in [0.5, 0.6) is 0 Å². The molecule has 7 heteroatoms. The molecule has 2 atom stereocenters. The largest absolute Gasteiger partial charge is 0.507 e. The van der Waals surface area contributed by atoms with Crippen LogP contribution in [0.3, 0.4) is 0 Å². The van der Waals surface area contributed by atoms with Crippen molar-refractivity contribution in [3.8, 4) is 0 Å². The van der Waals surface area contributed by atoms with Gasteiger partial charge in [-0.1, -0.05) is 6.07 Å². The highest BCUT2D eigenvalue weighted by Crippen LogP contribution is 2.39. The molecule has 2 saturated heterocycles. The van der Waals surface area contributed by atoms with Crippen molar-refractivity contribution >= 4 is 17.4 Å². The Kier molecular flexibility index (Phi) is 4.92. The van der Waals surface area contributed by atoms with Crippen molar-refractivity contribution in [3.05, 3.63) is 71.3 Å². The van der Waals surface area contributed by atoms with Gasteiger partial charge in [0, 0.05) is 31.1 Å². The number of hydrogen-bond donors (Lipinski definition) is 1. The van der Waals surface area contributed by atoms with Gasteiger partial charge in [0.1, 0.15) is 11.6 Å². The maximum atomic E-state index is 13.2. The molecule has 2 fully saturated rings. The lowest BCUT2D eigenvalue weighted by atomic mass is 9.96. The first-order valence-corrected chi connectivity index (χ1v) is 9.12. The average molecular weight is 382 g/mol. The van der Waals surface area contributed by atoms with E-state index in [2.05, 4.69) is 4.98 Å². The number of Topliss-reactive ketones (excluding diaryl/α,β-unsaturated/α-hetero) is 1. The fraction of sp³-hybridized carbons (Fsp3) is 0.286. The van der Waals surface area contributed by atoms with Crippen LogP contribution in [-0.2, 0) is 14.3 Å². The van der Waals surface area contributed by atoms with Gasteiger partial charge in [-0.05, 0) is 48.7 Å². The maximum Gasteiger partial charge on any atom is 0.295 e. The average Bonchev–Trinajstić information content (AvgIpc) is 3.31. The molecule has 0 bridgehead atoms. The van der Waals surface area contributed by atoms with E-state index in [1.807, 2.05) is 0 Å². The second-order valence-corrected chi connectivity index (χ2v) is 6.88. The maximum absolute atomic E-state index is 13.2. The SMILES string of the molecule is O=C1C(=O)N(CC2CCCO2)C(c2cccnc2)/C1=C(/O)c1ccc(F)cc1. The normalized spacial score (nSPS) is 24.1. The van der Waals surface area contributed by atoms with Crippen molar-refractivity contribution in [2.75, 3.05) is 13.2 Å². The molecule has 28 heavy (non-hydrogen) atoms. The third kappa shape index (κ3) is 3.29. The molecule has 0 spiro atoms. The predicted molar refractivity (Wildman–Crippen MR) is 98.6 cm³/mol. The number of aromatic nitrogens is 1.